The molecule has 2 N–H and O–H groups in total. The van der Waals surface area contributed by atoms with Crippen LogP contribution in [0.3, 0.4) is 0 Å². The molecule has 3 nitrogen and oxygen atoms in total. The van der Waals surface area contributed by atoms with Crippen molar-refractivity contribution >= 4 is 5.71 Å². The molecule has 3 heteroatoms. The van der Waals surface area contributed by atoms with E-state index < -0.39 is 6.10 Å². The molecule has 1 rings (SSSR count). The van der Waals surface area contributed by atoms with Crippen LogP contribution in [0, 0.1) is 5.41 Å². The molecule has 0 aromatic heterocycles. The highest BCUT2D eigenvalue weighted by molar-refractivity contribution is 6.01. The number of rotatable bonds is 2. The Kier molecular flexibility index (Phi) is 3.92. The van der Waals surface area contributed by atoms with Gasteiger partial charge in [0, 0.05) is 0 Å². The van der Waals surface area contributed by atoms with Crippen molar-refractivity contribution in [1.82, 2.24) is 0 Å². The van der Waals surface area contributed by atoms with Crippen LogP contribution in [0.4, 0.5) is 0 Å². The van der Waals surface area contributed by atoms with Gasteiger partial charge in [-0.1, -0.05) is 31.2 Å². The van der Waals surface area contributed by atoms with E-state index >= 15 is 0 Å². The van der Waals surface area contributed by atoms with E-state index in [1.54, 1.807) is 6.08 Å². The molecule has 0 fully saturated rings. The van der Waals surface area contributed by atoms with Crippen molar-refractivity contribution in [2.24, 2.45) is 10.6 Å². The Hall–Kier alpha value is -1.09. The van der Waals surface area contributed by atoms with Gasteiger partial charge in [-0.15, -0.1) is 0 Å². The second-order valence-corrected chi connectivity index (χ2v) is 4.94. The van der Waals surface area contributed by atoms with Crippen LogP contribution in [0.1, 0.15) is 40.5 Å². The summed E-state index contributed by atoms with van der Waals surface area (Å²) in [5, 5.41) is 22.3. The van der Waals surface area contributed by atoms with Crippen molar-refractivity contribution in [2.75, 3.05) is 0 Å². The number of allylic oxidation sites excluding steroid dienone is 2. The molecule has 0 heterocycles. The Labute approximate surface area is 97.2 Å². The maximum atomic E-state index is 10.1. The van der Waals surface area contributed by atoms with Crippen LogP contribution in [0.15, 0.2) is 28.5 Å². The second kappa shape index (κ2) is 4.83. The highest BCUT2D eigenvalue weighted by Crippen LogP contribution is 2.41. The van der Waals surface area contributed by atoms with E-state index in [0.717, 1.165) is 24.0 Å². The molecule has 1 aliphatic carbocycles. The summed E-state index contributed by atoms with van der Waals surface area (Å²) in [4.78, 5) is 0. The summed E-state index contributed by atoms with van der Waals surface area (Å²) in [7, 11) is 0. The predicted molar refractivity (Wildman–Crippen MR) is 65.8 cm³/mol. The Balaban J connectivity index is 3.24. The fraction of sp³-hybridized carbons (Fsp3) is 0.615. The topological polar surface area (TPSA) is 52.8 Å². The lowest BCUT2D eigenvalue weighted by molar-refractivity contribution is 0.214. The molecule has 1 atom stereocenters. The van der Waals surface area contributed by atoms with Gasteiger partial charge >= 0.3 is 0 Å². The van der Waals surface area contributed by atoms with Gasteiger partial charge in [0.2, 0.25) is 0 Å². The van der Waals surface area contributed by atoms with Crippen LogP contribution >= 0.6 is 0 Å². The standard InChI is InChI=1S/C13H21NO2/c1-5-6-11(15)12-9(2)10(14-16)7-8-13(12,3)4/h5-6,11,15-16H,7-8H2,1-4H3/b6-5-,14-10?. The average Bonchev–Trinajstić information content (AvgIpc) is 2.17. The van der Waals surface area contributed by atoms with Gasteiger partial charge < -0.3 is 10.3 Å². The molecule has 0 saturated heterocycles. The summed E-state index contributed by atoms with van der Waals surface area (Å²) in [6.45, 7) is 8.04. The summed E-state index contributed by atoms with van der Waals surface area (Å²) >= 11 is 0. The zero-order valence-corrected chi connectivity index (χ0v) is 10.5. The van der Waals surface area contributed by atoms with Crippen molar-refractivity contribution in [3.8, 4) is 0 Å². The predicted octanol–water partition coefficient (Wildman–Crippen LogP) is 2.89. The molecule has 1 aliphatic rings. The number of aliphatic hydroxyl groups excluding tert-OH is 1. The zero-order valence-electron chi connectivity index (χ0n) is 10.5. The van der Waals surface area contributed by atoms with Gasteiger partial charge in [0.05, 0.1) is 11.8 Å². The second-order valence-electron chi connectivity index (χ2n) is 4.94. The number of hydrogen-bond donors (Lipinski definition) is 2. The lowest BCUT2D eigenvalue weighted by Crippen LogP contribution is -2.31. The first-order valence-electron chi connectivity index (χ1n) is 5.67. The molecule has 0 spiro atoms. The first-order chi connectivity index (χ1) is 7.44. The van der Waals surface area contributed by atoms with Crippen LogP contribution in [0.5, 0.6) is 0 Å². The molecule has 0 aliphatic heterocycles. The van der Waals surface area contributed by atoms with Gasteiger partial charge in [0.25, 0.3) is 0 Å². The third-order valence-electron chi connectivity index (χ3n) is 3.34. The molecule has 1 unspecified atom stereocenters. The maximum Gasteiger partial charge on any atom is 0.0943 e. The number of nitrogens with zero attached hydrogens (tertiary/aromatic N) is 1. The van der Waals surface area contributed by atoms with E-state index in [2.05, 4.69) is 19.0 Å². The summed E-state index contributed by atoms with van der Waals surface area (Å²) in [5.41, 5.74) is 2.53. The fourth-order valence-corrected chi connectivity index (χ4v) is 2.44. The maximum absolute atomic E-state index is 10.1. The molecular formula is C13H21NO2. The Morgan fingerprint density at radius 3 is 2.56 bits per heavy atom. The van der Waals surface area contributed by atoms with Gasteiger partial charge in [-0.2, -0.15) is 0 Å². The number of aliphatic hydroxyl groups is 1. The van der Waals surface area contributed by atoms with E-state index in [9.17, 15) is 5.11 Å². The Morgan fingerprint density at radius 2 is 2.06 bits per heavy atom. The molecule has 0 bridgehead atoms. The van der Waals surface area contributed by atoms with E-state index in [1.165, 1.54) is 0 Å². The van der Waals surface area contributed by atoms with E-state index in [-0.39, 0.29) is 5.41 Å². The smallest absolute Gasteiger partial charge is 0.0943 e. The van der Waals surface area contributed by atoms with Crippen molar-refractivity contribution in [3.05, 3.63) is 23.3 Å². The largest absolute Gasteiger partial charge is 0.411 e. The van der Waals surface area contributed by atoms with Gasteiger partial charge in [-0.05, 0) is 43.3 Å². The quantitative estimate of drug-likeness (QED) is 0.429. The summed E-state index contributed by atoms with van der Waals surface area (Å²) in [5.74, 6) is 0. The summed E-state index contributed by atoms with van der Waals surface area (Å²) in [6, 6.07) is 0. The number of hydrogen-bond acceptors (Lipinski definition) is 3. The SMILES string of the molecule is C/C=C\C(O)C1=C(C)C(=NO)CCC1(C)C. The molecular weight excluding hydrogens is 202 g/mol. The van der Waals surface area contributed by atoms with Crippen LogP contribution in [-0.4, -0.2) is 22.1 Å². The van der Waals surface area contributed by atoms with Gasteiger partial charge in [-0.25, -0.2) is 0 Å². The lowest BCUT2D eigenvalue weighted by Gasteiger charge is -2.36. The molecule has 0 aromatic rings. The molecule has 0 saturated carbocycles. The third kappa shape index (κ3) is 2.35. The van der Waals surface area contributed by atoms with E-state index in [1.807, 2.05) is 19.9 Å². The van der Waals surface area contributed by atoms with E-state index in [4.69, 9.17) is 5.21 Å². The van der Waals surface area contributed by atoms with Crippen molar-refractivity contribution in [3.63, 3.8) is 0 Å². The third-order valence-corrected chi connectivity index (χ3v) is 3.34. The first kappa shape index (κ1) is 13.0. The fourth-order valence-electron chi connectivity index (χ4n) is 2.44. The summed E-state index contributed by atoms with van der Waals surface area (Å²) in [6.07, 6.45) is 4.68. The monoisotopic (exact) mass is 223 g/mol. The minimum Gasteiger partial charge on any atom is -0.411 e. The van der Waals surface area contributed by atoms with Crippen molar-refractivity contribution in [2.45, 2.75) is 46.6 Å². The van der Waals surface area contributed by atoms with Crippen LogP contribution in [-0.2, 0) is 0 Å². The van der Waals surface area contributed by atoms with Gasteiger partial charge in [0.1, 0.15) is 0 Å². The van der Waals surface area contributed by atoms with Gasteiger partial charge in [-0.3, -0.25) is 0 Å². The molecule has 90 valence electrons. The minimum absolute atomic E-state index is 0.0444. The normalized spacial score (nSPS) is 25.4. The highest BCUT2D eigenvalue weighted by atomic mass is 16.4. The number of oxime groups is 1. The van der Waals surface area contributed by atoms with E-state index in [0.29, 0.717) is 5.71 Å². The summed E-state index contributed by atoms with van der Waals surface area (Å²) < 4.78 is 0. The average molecular weight is 223 g/mol. The Morgan fingerprint density at radius 1 is 1.44 bits per heavy atom. The highest BCUT2D eigenvalue weighted by Gasteiger charge is 2.34. The molecule has 0 aromatic carbocycles. The molecule has 16 heavy (non-hydrogen) atoms. The Bertz CT molecular complexity index is 351. The lowest BCUT2D eigenvalue weighted by atomic mass is 9.70. The van der Waals surface area contributed by atoms with Gasteiger partial charge in [0.15, 0.2) is 0 Å². The van der Waals surface area contributed by atoms with Crippen molar-refractivity contribution < 1.29 is 10.3 Å². The van der Waals surface area contributed by atoms with Crippen LogP contribution in [0.25, 0.3) is 0 Å². The zero-order chi connectivity index (χ0) is 12.3. The minimum atomic E-state index is -0.586. The van der Waals surface area contributed by atoms with Crippen LogP contribution < -0.4 is 0 Å². The molecule has 0 radical (unpaired) electrons. The van der Waals surface area contributed by atoms with Crippen molar-refractivity contribution in [1.29, 1.82) is 0 Å². The first-order valence-corrected chi connectivity index (χ1v) is 5.67. The molecule has 0 amide bonds. The van der Waals surface area contributed by atoms with Crippen LogP contribution in [0.2, 0.25) is 0 Å².